The fourth-order valence-electron chi connectivity index (χ4n) is 2.47. The van der Waals surface area contributed by atoms with E-state index in [-0.39, 0.29) is 10.7 Å². The van der Waals surface area contributed by atoms with Crippen LogP contribution in [0, 0.1) is 24.1 Å². The summed E-state index contributed by atoms with van der Waals surface area (Å²) in [6, 6.07) is 15.6. The highest BCUT2D eigenvalue weighted by Gasteiger charge is 2.17. The number of hydrogen-bond donors (Lipinski definition) is 2. The molecule has 0 amide bonds. The third-order valence-corrected chi connectivity index (χ3v) is 5.22. The zero-order valence-electron chi connectivity index (χ0n) is 14.3. The van der Waals surface area contributed by atoms with E-state index in [1.165, 1.54) is 25.3 Å². The standard InChI is InChI=1S/C19H15FN4O2S/c1-13-9-15(20)5-7-18(13)27(25,26)24-19-8-6-17(12-22-19)23-16-4-2-3-14(10-16)11-21/h2-10,12,23H,1H3,(H,22,24). The highest BCUT2D eigenvalue weighted by atomic mass is 32.2. The lowest BCUT2D eigenvalue weighted by molar-refractivity contribution is 0.598. The van der Waals surface area contributed by atoms with Gasteiger partial charge in [0, 0.05) is 5.69 Å². The van der Waals surface area contributed by atoms with Gasteiger partial charge in [0.15, 0.2) is 0 Å². The first-order chi connectivity index (χ1) is 12.9. The molecule has 2 N–H and O–H groups in total. The van der Waals surface area contributed by atoms with E-state index in [9.17, 15) is 12.8 Å². The number of nitrogens with one attached hydrogen (secondary N) is 2. The molecule has 0 spiro atoms. The molecule has 136 valence electrons. The predicted octanol–water partition coefficient (Wildman–Crippen LogP) is 3.95. The van der Waals surface area contributed by atoms with Gasteiger partial charge in [0.25, 0.3) is 10.0 Å². The molecule has 3 aromatic rings. The third kappa shape index (κ3) is 4.40. The van der Waals surface area contributed by atoms with Gasteiger partial charge in [-0.25, -0.2) is 17.8 Å². The SMILES string of the molecule is Cc1cc(F)ccc1S(=O)(=O)Nc1ccc(Nc2cccc(C#N)c2)cn1. The molecule has 3 rings (SSSR count). The van der Waals surface area contributed by atoms with E-state index in [4.69, 9.17) is 5.26 Å². The van der Waals surface area contributed by atoms with Crippen LogP contribution in [0.2, 0.25) is 0 Å². The molecule has 0 saturated heterocycles. The highest BCUT2D eigenvalue weighted by molar-refractivity contribution is 7.92. The van der Waals surface area contributed by atoms with Crippen molar-refractivity contribution in [1.29, 1.82) is 5.26 Å². The largest absolute Gasteiger partial charge is 0.354 e. The molecule has 6 nitrogen and oxygen atoms in total. The highest BCUT2D eigenvalue weighted by Crippen LogP contribution is 2.21. The number of rotatable bonds is 5. The van der Waals surface area contributed by atoms with Crippen molar-refractivity contribution in [2.75, 3.05) is 10.0 Å². The fraction of sp³-hybridized carbons (Fsp3) is 0.0526. The van der Waals surface area contributed by atoms with E-state index < -0.39 is 15.8 Å². The van der Waals surface area contributed by atoms with Gasteiger partial charge < -0.3 is 5.32 Å². The van der Waals surface area contributed by atoms with Gasteiger partial charge >= 0.3 is 0 Å². The summed E-state index contributed by atoms with van der Waals surface area (Å²) in [4.78, 5) is 4.07. The zero-order chi connectivity index (χ0) is 19.4. The molecular formula is C19H15FN4O2S. The van der Waals surface area contributed by atoms with Crippen molar-refractivity contribution in [3.8, 4) is 6.07 Å². The maximum absolute atomic E-state index is 13.2. The van der Waals surface area contributed by atoms with Crippen LogP contribution in [-0.2, 0) is 10.0 Å². The molecule has 0 aliphatic rings. The second-order valence-corrected chi connectivity index (χ2v) is 7.42. The van der Waals surface area contributed by atoms with Crippen molar-refractivity contribution in [3.05, 3.63) is 77.7 Å². The lowest BCUT2D eigenvalue weighted by Crippen LogP contribution is -2.15. The number of anilines is 3. The number of benzene rings is 2. The van der Waals surface area contributed by atoms with Gasteiger partial charge in [-0.15, -0.1) is 0 Å². The molecule has 2 aromatic carbocycles. The van der Waals surface area contributed by atoms with E-state index >= 15 is 0 Å². The van der Waals surface area contributed by atoms with Crippen molar-refractivity contribution in [1.82, 2.24) is 4.98 Å². The second-order valence-electron chi connectivity index (χ2n) is 5.77. The molecule has 0 aliphatic heterocycles. The summed E-state index contributed by atoms with van der Waals surface area (Å²) in [5.74, 6) is -0.365. The number of aromatic nitrogens is 1. The van der Waals surface area contributed by atoms with Crippen molar-refractivity contribution in [2.45, 2.75) is 11.8 Å². The van der Waals surface area contributed by atoms with Crippen LogP contribution >= 0.6 is 0 Å². The van der Waals surface area contributed by atoms with Crippen molar-refractivity contribution in [3.63, 3.8) is 0 Å². The van der Waals surface area contributed by atoms with Crippen LogP contribution in [0.1, 0.15) is 11.1 Å². The summed E-state index contributed by atoms with van der Waals surface area (Å²) in [5.41, 5.74) is 2.17. The number of nitriles is 1. The molecule has 0 atom stereocenters. The molecule has 1 aromatic heterocycles. The Morgan fingerprint density at radius 3 is 2.56 bits per heavy atom. The van der Waals surface area contributed by atoms with E-state index in [2.05, 4.69) is 21.1 Å². The van der Waals surface area contributed by atoms with Crippen LogP contribution in [-0.4, -0.2) is 13.4 Å². The fourth-order valence-corrected chi connectivity index (χ4v) is 3.70. The average molecular weight is 382 g/mol. The third-order valence-electron chi connectivity index (χ3n) is 3.71. The van der Waals surface area contributed by atoms with E-state index in [1.807, 2.05) is 0 Å². The Bertz CT molecular complexity index is 1120. The number of pyridine rings is 1. The Labute approximate surface area is 156 Å². The molecular weight excluding hydrogens is 367 g/mol. The van der Waals surface area contributed by atoms with Gasteiger partial charge in [0.1, 0.15) is 11.6 Å². The van der Waals surface area contributed by atoms with Crippen molar-refractivity contribution < 1.29 is 12.8 Å². The Hall–Kier alpha value is -3.44. The number of hydrogen-bond acceptors (Lipinski definition) is 5. The maximum Gasteiger partial charge on any atom is 0.263 e. The molecule has 0 aliphatic carbocycles. The Morgan fingerprint density at radius 1 is 1.07 bits per heavy atom. The topological polar surface area (TPSA) is 94.9 Å². The van der Waals surface area contributed by atoms with E-state index in [0.717, 1.165) is 12.1 Å². The first-order valence-electron chi connectivity index (χ1n) is 7.89. The summed E-state index contributed by atoms with van der Waals surface area (Å²) in [6.07, 6.45) is 1.47. The van der Waals surface area contributed by atoms with Gasteiger partial charge in [0.05, 0.1) is 28.4 Å². The smallest absolute Gasteiger partial charge is 0.263 e. The summed E-state index contributed by atoms with van der Waals surface area (Å²) in [5, 5.41) is 12.0. The van der Waals surface area contributed by atoms with Gasteiger partial charge in [-0.05, 0) is 61.0 Å². The van der Waals surface area contributed by atoms with Crippen LogP contribution in [0.25, 0.3) is 0 Å². The minimum Gasteiger partial charge on any atom is -0.354 e. The van der Waals surface area contributed by atoms with Crippen LogP contribution in [0.15, 0.2) is 65.7 Å². The first-order valence-corrected chi connectivity index (χ1v) is 9.38. The Morgan fingerprint density at radius 2 is 1.89 bits per heavy atom. The Kier molecular flexibility index (Phi) is 5.05. The lowest BCUT2D eigenvalue weighted by atomic mass is 10.2. The quantitative estimate of drug-likeness (QED) is 0.697. The molecule has 8 heteroatoms. The maximum atomic E-state index is 13.2. The van der Waals surface area contributed by atoms with Gasteiger partial charge in [-0.1, -0.05) is 6.07 Å². The van der Waals surface area contributed by atoms with E-state index in [1.54, 1.807) is 30.3 Å². The molecule has 0 fully saturated rings. The molecule has 27 heavy (non-hydrogen) atoms. The summed E-state index contributed by atoms with van der Waals surface area (Å²) in [7, 11) is -3.88. The summed E-state index contributed by atoms with van der Waals surface area (Å²) < 4.78 is 40.5. The van der Waals surface area contributed by atoms with Crippen LogP contribution < -0.4 is 10.0 Å². The number of sulfonamides is 1. The zero-order valence-corrected chi connectivity index (χ0v) is 15.1. The second kappa shape index (κ2) is 7.43. The molecule has 0 unspecified atom stereocenters. The van der Waals surface area contributed by atoms with Crippen molar-refractivity contribution >= 4 is 27.2 Å². The van der Waals surface area contributed by atoms with Gasteiger partial charge in [-0.3, -0.25) is 4.72 Å². The van der Waals surface area contributed by atoms with Gasteiger partial charge in [0.2, 0.25) is 0 Å². The predicted molar refractivity (Wildman–Crippen MR) is 101 cm³/mol. The minimum atomic E-state index is -3.88. The van der Waals surface area contributed by atoms with Gasteiger partial charge in [-0.2, -0.15) is 5.26 Å². The number of nitrogens with zero attached hydrogens (tertiary/aromatic N) is 2. The first kappa shape index (κ1) is 18.4. The van der Waals surface area contributed by atoms with Crippen molar-refractivity contribution in [2.24, 2.45) is 0 Å². The Balaban J connectivity index is 1.76. The molecule has 1 heterocycles. The average Bonchev–Trinajstić information content (AvgIpc) is 2.63. The van der Waals surface area contributed by atoms with Crippen LogP contribution in [0.4, 0.5) is 21.6 Å². The number of halogens is 1. The lowest BCUT2D eigenvalue weighted by Gasteiger charge is -2.11. The molecule has 0 saturated carbocycles. The monoisotopic (exact) mass is 382 g/mol. The summed E-state index contributed by atoms with van der Waals surface area (Å²) in [6.45, 7) is 1.52. The van der Waals surface area contributed by atoms with E-state index in [0.29, 0.717) is 22.5 Å². The molecule has 0 radical (unpaired) electrons. The van der Waals surface area contributed by atoms with Crippen LogP contribution in [0.3, 0.4) is 0 Å². The van der Waals surface area contributed by atoms with Crippen LogP contribution in [0.5, 0.6) is 0 Å². The minimum absolute atomic E-state index is 0.0128. The molecule has 0 bridgehead atoms. The number of aryl methyl sites for hydroxylation is 1. The normalized spacial score (nSPS) is 10.9. The summed E-state index contributed by atoms with van der Waals surface area (Å²) >= 11 is 0.